The largest absolute Gasteiger partial charge is 0.466 e. The van der Waals surface area contributed by atoms with E-state index in [9.17, 15) is 9.59 Å². The maximum Gasteiger partial charge on any atom is 0.306 e. The van der Waals surface area contributed by atoms with Gasteiger partial charge in [-0.1, -0.05) is 40.5 Å². The minimum Gasteiger partial charge on any atom is -0.466 e. The van der Waals surface area contributed by atoms with Gasteiger partial charge in [-0.25, -0.2) is 0 Å². The molecule has 4 heteroatoms. The van der Waals surface area contributed by atoms with Crippen molar-refractivity contribution in [3.63, 3.8) is 0 Å². The van der Waals surface area contributed by atoms with Gasteiger partial charge in [-0.05, 0) is 12.8 Å². The summed E-state index contributed by atoms with van der Waals surface area (Å²) < 4.78 is 9.82. The Balaban J connectivity index is 0. The maximum absolute atomic E-state index is 11.1. The molecule has 0 N–H and O–H groups in total. The van der Waals surface area contributed by atoms with Crippen LogP contribution in [0.3, 0.4) is 0 Å². The fraction of sp³-hybridized carbons (Fsp3) is 0.857. The summed E-state index contributed by atoms with van der Waals surface area (Å²) in [6.45, 7) is 8.94. The van der Waals surface area contributed by atoms with Gasteiger partial charge in [0.15, 0.2) is 0 Å². The van der Waals surface area contributed by atoms with Gasteiger partial charge in [0.1, 0.15) is 0 Å². The lowest BCUT2D eigenvalue weighted by Gasteiger charge is -2.04. The predicted molar refractivity (Wildman–Crippen MR) is 72.3 cm³/mol. The monoisotopic (exact) mass is 260 g/mol. The van der Waals surface area contributed by atoms with Crippen molar-refractivity contribution < 1.29 is 19.1 Å². The lowest BCUT2D eigenvalue weighted by atomic mass is 10.3. The molecule has 0 atom stereocenters. The SMILES string of the molecule is CC.CCCCOC(=O)CCC(=O)OCCCC. The summed E-state index contributed by atoms with van der Waals surface area (Å²) in [5.41, 5.74) is 0. The second-order valence-corrected chi connectivity index (χ2v) is 3.65. The Morgan fingerprint density at radius 3 is 1.39 bits per heavy atom. The van der Waals surface area contributed by atoms with Crippen molar-refractivity contribution in [1.29, 1.82) is 0 Å². The van der Waals surface area contributed by atoms with Crippen LogP contribution >= 0.6 is 0 Å². The van der Waals surface area contributed by atoms with Crippen LogP contribution in [0.25, 0.3) is 0 Å². The van der Waals surface area contributed by atoms with E-state index in [2.05, 4.69) is 0 Å². The van der Waals surface area contributed by atoms with E-state index in [-0.39, 0.29) is 24.8 Å². The van der Waals surface area contributed by atoms with E-state index in [0.717, 1.165) is 25.7 Å². The smallest absolute Gasteiger partial charge is 0.306 e. The molecule has 108 valence electrons. The predicted octanol–water partition coefficient (Wildman–Crippen LogP) is 3.48. The van der Waals surface area contributed by atoms with Crippen molar-refractivity contribution >= 4 is 11.9 Å². The molecule has 0 aromatic carbocycles. The van der Waals surface area contributed by atoms with Crippen LogP contribution in [-0.2, 0) is 19.1 Å². The van der Waals surface area contributed by atoms with Crippen LogP contribution in [0.1, 0.15) is 66.2 Å². The minimum absolute atomic E-state index is 0.120. The van der Waals surface area contributed by atoms with E-state index in [1.54, 1.807) is 0 Å². The molecule has 0 aliphatic carbocycles. The van der Waals surface area contributed by atoms with Crippen molar-refractivity contribution in [2.24, 2.45) is 0 Å². The van der Waals surface area contributed by atoms with Crippen LogP contribution in [0.5, 0.6) is 0 Å². The summed E-state index contributed by atoms with van der Waals surface area (Å²) in [6, 6.07) is 0. The maximum atomic E-state index is 11.1. The molecule has 0 aromatic rings. The second kappa shape index (κ2) is 15.9. The van der Waals surface area contributed by atoms with Gasteiger partial charge in [-0.2, -0.15) is 0 Å². The summed E-state index contributed by atoms with van der Waals surface area (Å²) in [6.07, 6.45) is 3.96. The van der Waals surface area contributed by atoms with E-state index in [1.165, 1.54) is 0 Å². The molecule has 0 spiro atoms. The Hall–Kier alpha value is -1.06. The number of hydrogen-bond donors (Lipinski definition) is 0. The van der Waals surface area contributed by atoms with E-state index in [4.69, 9.17) is 9.47 Å². The highest BCUT2D eigenvalue weighted by molar-refractivity contribution is 5.77. The molecule has 0 unspecified atom stereocenters. The molecular formula is C14H28O4. The molecule has 0 amide bonds. The fourth-order valence-electron chi connectivity index (χ4n) is 1.01. The summed E-state index contributed by atoms with van der Waals surface area (Å²) in [4.78, 5) is 22.2. The first-order valence-corrected chi connectivity index (χ1v) is 7.02. The zero-order chi connectivity index (χ0) is 14.2. The first-order chi connectivity index (χ1) is 8.70. The van der Waals surface area contributed by atoms with Crippen molar-refractivity contribution in [2.45, 2.75) is 66.2 Å². The van der Waals surface area contributed by atoms with Gasteiger partial charge in [0.2, 0.25) is 0 Å². The molecule has 0 saturated heterocycles. The number of esters is 2. The van der Waals surface area contributed by atoms with Crippen LogP contribution < -0.4 is 0 Å². The number of ether oxygens (including phenoxy) is 2. The average molecular weight is 260 g/mol. The van der Waals surface area contributed by atoms with Crippen molar-refractivity contribution in [1.82, 2.24) is 0 Å². The van der Waals surface area contributed by atoms with Gasteiger partial charge >= 0.3 is 11.9 Å². The van der Waals surface area contributed by atoms with Gasteiger partial charge in [0, 0.05) is 0 Å². The van der Waals surface area contributed by atoms with Gasteiger partial charge in [0.05, 0.1) is 26.1 Å². The van der Waals surface area contributed by atoms with Crippen molar-refractivity contribution in [3.8, 4) is 0 Å². The Kier molecular flexibility index (Phi) is 17.1. The van der Waals surface area contributed by atoms with Crippen molar-refractivity contribution in [2.75, 3.05) is 13.2 Å². The number of rotatable bonds is 9. The van der Waals surface area contributed by atoms with E-state index < -0.39 is 0 Å². The highest BCUT2D eigenvalue weighted by atomic mass is 16.5. The second-order valence-electron chi connectivity index (χ2n) is 3.65. The zero-order valence-corrected chi connectivity index (χ0v) is 12.3. The van der Waals surface area contributed by atoms with Crippen molar-refractivity contribution in [3.05, 3.63) is 0 Å². The quantitative estimate of drug-likeness (QED) is 0.470. The Morgan fingerprint density at radius 2 is 1.11 bits per heavy atom. The molecular weight excluding hydrogens is 232 g/mol. The molecule has 0 aromatic heterocycles. The summed E-state index contributed by atoms with van der Waals surface area (Å²) in [7, 11) is 0. The van der Waals surface area contributed by atoms with E-state index >= 15 is 0 Å². The van der Waals surface area contributed by atoms with Gasteiger partial charge in [0.25, 0.3) is 0 Å². The molecule has 0 radical (unpaired) electrons. The molecule has 18 heavy (non-hydrogen) atoms. The molecule has 0 heterocycles. The highest BCUT2D eigenvalue weighted by Crippen LogP contribution is 1.99. The average Bonchev–Trinajstić information content (AvgIpc) is 2.39. The van der Waals surface area contributed by atoms with Gasteiger partial charge in [-0.15, -0.1) is 0 Å². The van der Waals surface area contributed by atoms with Gasteiger partial charge in [-0.3, -0.25) is 9.59 Å². The van der Waals surface area contributed by atoms with Gasteiger partial charge < -0.3 is 9.47 Å². The molecule has 0 rings (SSSR count). The van der Waals surface area contributed by atoms with Crippen LogP contribution in [0.2, 0.25) is 0 Å². The molecule has 0 aliphatic heterocycles. The Morgan fingerprint density at radius 1 is 0.778 bits per heavy atom. The fourth-order valence-corrected chi connectivity index (χ4v) is 1.01. The molecule has 0 aliphatic rings. The third-order valence-electron chi connectivity index (χ3n) is 2.06. The molecule has 0 saturated carbocycles. The van der Waals surface area contributed by atoms with Crippen LogP contribution in [-0.4, -0.2) is 25.2 Å². The van der Waals surface area contributed by atoms with E-state index in [0.29, 0.717) is 13.2 Å². The molecule has 0 fully saturated rings. The van der Waals surface area contributed by atoms with Crippen LogP contribution in [0, 0.1) is 0 Å². The lowest BCUT2D eigenvalue weighted by Crippen LogP contribution is -2.11. The zero-order valence-electron chi connectivity index (χ0n) is 12.3. The first kappa shape index (κ1) is 19.3. The highest BCUT2D eigenvalue weighted by Gasteiger charge is 2.08. The summed E-state index contributed by atoms with van der Waals surface area (Å²) >= 11 is 0. The van der Waals surface area contributed by atoms with Crippen LogP contribution in [0.4, 0.5) is 0 Å². The minimum atomic E-state index is -0.319. The normalized spacial score (nSPS) is 9.11. The number of unbranched alkanes of at least 4 members (excludes halogenated alkanes) is 2. The number of carbonyl (C=O) groups is 2. The standard InChI is InChI=1S/C12H22O4.C2H6/c1-3-5-9-15-11(13)7-8-12(14)16-10-6-4-2;1-2/h3-10H2,1-2H3;1-2H3. The number of carbonyl (C=O) groups excluding carboxylic acids is 2. The summed E-state index contributed by atoms with van der Waals surface area (Å²) in [5.74, 6) is -0.637. The first-order valence-electron chi connectivity index (χ1n) is 7.02. The lowest BCUT2D eigenvalue weighted by molar-refractivity contribution is -0.150. The summed E-state index contributed by atoms with van der Waals surface area (Å²) in [5, 5.41) is 0. The third-order valence-corrected chi connectivity index (χ3v) is 2.06. The number of hydrogen-bond acceptors (Lipinski definition) is 4. The van der Waals surface area contributed by atoms with E-state index in [1.807, 2.05) is 27.7 Å². The topological polar surface area (TPSA) is 52.6 Å². The molecule has 0 bridgehead atoms. The Bertz CT molecular complexity index is 180. The molecule has 4 nitrogen and oxygen atoms in total. The third kappa shape index (κ3) is 14.9. The Labute approximate surface area is 111 Å². The van der Waals surface area contributed by atoms with Crippen LogP contribution in [0.15, 0.2) is 0 Å².